The summed E-state index contributed by atoms with van der Waals surface area (Å²) in [5, 5.41) is 1.17. The second kappa shape index (κ2) is 12.0. The highest BCUT2D eigenvalue weighted by atomic mass is 35.5. The zero-order chi connectivity index (χ0) is 30.5. The Balaban J connectivity index is 1.26. The molecule has 0 amide bonds. The molecule has 1 spiro atoms. The van der Waals surface area contributed by atoms with Gasteiger partial charge in [-0.25, -0.2) is 19.9 Å². The van der Waals surface area contributed by atoms with Crippen LogP contribution in [-0.4, -0.2) is 65.9 Å². The minimum atomic E-state index is -1.21. The van der Waals surface area contributed by atoms with E-state index in [0.29, 0.717) is 25.9 Å². The van der Waals surface area contributed by atoms with Crippen LogP contribution in [-0.2, 0) is 11.4 Å². The summed E-state index contributed by atoms with van der Waals surface area (Å²) in [5.41, 5.74) is 7.52. The van der Waals surface area contributed by atoms with E-state index in [-0.39, 0.29) is 22.0 Å². The first-order valence-corrected chi connectivity index (χ1v) is 17.0. The van der Waals surface area contributed by atoms with Gasteiger partial charge in [-0.15, -0.1) is 4.72 Å². The Morgan fingerprint density at radius 1 is 1.07 bits per heavy atom. The van der Waals surface area contributed by atoms with Crippen molar-refractivity contribution in [3.8, 4) is 0 Å². The van der Waals surface area contributed by atoms with E-state index < -0.39 is 11.4 Å². The number of rotatable bonds is 6. The number of nitrogens with zero attached hydrogens (tertiary/aromatic N) is 7. The van der Waals surface area contributed by atoms with Gasteiger partial charge in [0.05, 0.1) is 16.0 Å². The van der Waals surface area contributed by atoms with Gasteiger partial charge in [0.1, 0.15) is 15.7 Å². The van der Waals surface area contributed by atoms with Crippen LogP contribution in [0, 0.1) is 5.41 Å². The summed E-state index contributed by atoms with van der Waals surface area (Å²) in [4.78, 5) is 23.6. The summed E-state index contributed by atoms with van der Waals surface area (Å²) in [6.07, 6.45) is 8.72. The van der Waals surface area contributed by atoms with E-state index in [4.69, 9.17) is 45.5 Å². The number of aromatic nitrogens is 5. The number of anilines is 3. The van der Waals surface area contributed by atoms with Gasteiger partial charge in [0, 0.05) is 78.3 Å². The van der Waals surface area contributed by atoms with Gasteiger partial charge >= 0.3 is 0 Å². The van der Waals surface area contributed by atoms with Crippen molar-refractivity contribution in [1.29, 1.82) is 0 Å². The van der Waals surface area contributed by atoms with Crippen LogP contribution < -0.4 is 20.3 Å². The number of hydrogen-bond acceptors (Lipinski definition) is 10. The molecule has 2 saturated heterocycles. The Bertz CT molecular complexity index is 1640. The third-order valence-electron chi connectivity index (χ3n) is 8.11. The second-order valence-corrected chi connectivity index (χ2v) is 16.1. The molecule has 4 aromatic rings. The van der Waals surface area contributed by atoms with Crippen LogP contribution in [0.3, 0.4) is 0 Å². The molecule has 15 heteroatoms. The quantitative estimate of drug-likeness (QED) is 0.148. The lowest BCUT2D eigenvalue weighted by Crippen LogP contribution is -2.55. The fourth-order valence-corrected chi connectivity index (χ4v) is 8.26. The largest absolute Gasteiger partial charge is 0.598 e. The van der Waals surface area contributed by atoms with E-state index in [1.54, 1.807) is 24.7 Å². The fraction of sp³-hybridized carbons (Fsp3) is 0.429. The van der Waals surface area contributed by atoms with Gasteiger partial charge < -0.3 is 20.1 Å². The van der Waals surface area contributed by atoms with E-state index in [9.17, 15) is 4.55 Å². The standard InChI is InChI=1S/C28H32Cl3N9OS2/c1-27(2,3)43(41)37-19-15-39(17-4-8-33-20(29)14-17)16-28(19)6-11-38(12-7-28)26-36-23(31)22(25-35-10-13-40(25)26)42-18-5-9-34-24(32)21(18)30/h4-5,8-10,13-14,19,37H,6-7,11-12,15-16H2,1-3H3,(H2,32,34)/t19-,43?/m1/s1. The Morgan fingerprint density at radius 2 is 1.81 bits per heavy atom. The Morgan fingerprint density at radius 3 is 2.53 bits per heavy atom. The van der Waals surface area contributed by atoms with Gasteiger partial charge in [-0.3, -0.25) is 4.40 Å². The molecule has 0 radical (unpaired) electrons. The average Bonchev–Trinajstić information content (AvgIpc) is 3.58. The number of nitrogens with one attached hydrogen (secondary N) is 1. The number of fused-ring (bicyclic) bond motifs is 1. The molecule has 10 nitrogen and oxygen atoms in total. The second-order valence-electron chi connectivity index (χ2n) is 11.9. The van der Waals surface area contributed by atoms with E-state index in [1.165, 1.54) is 11.8 Å². The summed E-state index contributed by atoms with van der Waals surface area (Å²) in [6.45, 7) is 9.03. The van der Waals surface area contributed by atoms with Crippen LogP contribution in [0.1, 0.15) is 33.6 Å². The van der Waals surface area contributed by atoms with Gasteiger partial charge in [0.2, 0.25) is 5.95 Å². The van der Waals surface area contributed by atoms with Crippen molar-refractivity contribution in [3.05, 3.63) is 58.3 Å². The van der Waals surface area contributed by atoms with Crippen LogP contribution in [0.4, 0.5) is 17.5 Å². The summed E-state index contributed by atoms with van der Waals surface area (Å²) < 4.78 is 18.4. The molecule has 43 heavy (non-hydrogen) atoms. The maximum absolute atomic E-state index is 13.3. The molecule has 0 aromatic carbocycles. The number of halogens is 3. The molecule has 1 unspecified atom stereocenters. The Kier molecular flexibility index (Phi) is 8.57. The molecule has 2 aliphatic rings. The van der Waals surface area contributed by atoms with Crippen LogP contribution in [0.5, 0.6) is 0 Å². The van der Waals surface area contributed by atoms with Crippen molar-refractivity contribution in [2.45, 2.75) is 54.2 Å². The minimum Gasteiger partial charge on any atom is -0.598 e. The number of hydrogen-bond donors (Lipinski definition) is 2. The van der Waals surface area contributed by atoms with E-state index in [0.717, 1.165) is 55.6 Å². The van der Waals surface area contributed by atoms with Crippen LogP contribution in [0.15, 0.2) is 52.8 Å². The Hall–Kier alpha value is -2.19. The molecular weight excluding hydrogens is 649 g/mol. The molecule has 2 aliphatic heterocycles. The van der Waals surface area contributed by atoms with Crippen molar-refractivity contribution in [2.75, 3.05) is 41.7 Å². The first-order chi connectivity index (χ1) is 20.4. The Labute approximate surface area is 273 Å². The van der Waals surface area contributed by atoms with Crippen molar-refractivity contribution >= 4 is 81.0 Å². The molecule has 6 rings (SSSR count). The molecule has 4 aromatic heterocycles. The molecule has 6 heterocycles. The topological polar surface area (TPSA) is 124 Å². The van der Waals surface area contributed by atoms with E-state index in [2.05, 4.69) is 29.5 Å². The van der Waals surface area contributed by atoms with Gasteiger partial charge in [0.15, 0.2) is 10.8 Å². The molecule has 3 N–H and O–H groups in total. The molecule has 0 saturated carbocycles. The maximum atomic E-state index is 13.3. The highest BCUT2D eigenvalue weighted by molar-refractivity contribution is 7.99. The summed E-state index contributed by atoms with van der Waals surface area (Å²) in [6, 6.07) is 5.69. The smallest absolute Gasteiger partial charge is 0.212 e. The summed E-state index contributed by atoms with van der Waals surface area (Å²) in [5.74, 6) is 0.987. The van der Waals surface area contributed by atoms with Gasteiger partial charge in [0.25, 0.3) is 0 Å². The SMILES string of the molecule is CC(C)(C)[S+]([O-])N[C@@H]1CN(c2ccnc(Cl)c2)CC12CCN(c1nc(Cl)c(Sc3ccnc(N)c3Cl)c3nccn13)CC2. The number of nitrogen functional groups attached to an aromatic ring is 1. The van der Waals surface area contributed by atoms with E-state index in [1.807, 2.05) is 43.5 Å². The highest BCUT2D eigenvalue weighted by Gasteiger charge is 2.51. The number of piperidine rings is 1. The first kappa shape index (κ1) is 30.8. The van der Waals surface area contributed by atoms with Crippen LogP contribution in [0.25, 0.3) is 5.65 Å². The lowest BCUT2D eigenvalue weighted by Gasteiger charge is -2.43. The minimum absolute atomic E-state index is 0.0304. The third kappa shape index (κ3) is 6.07. The molecule has 0 aliphatic carbocycles. The van der Waals surface area contributed by atoms with Gasteiger partial charge in [-0.1, -0.05) is 46.6 Å². The van der Waals surface area contributed by atoms with Gasteiger partial charge in [-0.2, -0.15) is 0 Å². The summed E-state index contributed by atoms with van der Waals surface area (Å²) >= 11 is 19.6. The fourth-order valence-electron chi connectivity index (χ4n) is 5.74. The van der Waals surface area contributed by atoms with E-state index >= 15 is 0 Å². The molecule has 2 atom stereocenters. The van der Waals surface area contributed by atoms with Crippen molar-refractivity contribution in [1.82, 2.24) is 29.1 Å². The van der Waals surface area contributed by atoms with Crippen LogP contribution in [0.2, 0.25) is 15.3 Å². The monoisotopic (exact) mass is 679 g/mol. The molecule has 0 bridgehead atoms. The predicted molar refractivity (Wildman–Crippen MR) is 176 cm³/mol. The lowest BCUT2D eigenvalue weighted by atomic mass is 9.75. The number of pyridine rings is 2. The third-order valence-corrected chi connectivity index (χ3v) is 12.0. The summed E-state index contributed by atoms with van der Waals surface area (Å²) in [7, 11) is 0. The van der Waals surface area contributed by atoms with Crippen molar-refractivity contribution in [2.24, 2.45) is 5.41 Å². The first-order valence-electron chi connectivity index (χ1n) is 13.8. The average molecular weight is 681 g/mol. The van der Waals surface area contributed by atoms with Gasteiger partial charge in [-0.05, 0) is 51.8 Å². The molecular formula is C28H32Cl3N9OS2. The van der Waals surface area contributed by atoms with Crippen molar-refractivity contribution < 1.29 is 4.55 Å². The van der Waals surface area contributed by atoms with Crippen molar-refractivity contribution in [3.63, 3.8) is 0 Å². The molecule has 2 fully saturated rings. The maximum Gasteiger partial charge on any atom is 0.212 e. The van der Waals surface area contributed by atoms with Crippen LogP contribution >= 0.6 is 46.6 Å². The zero-order valence-electron chi connectivity index (χ0n) is 23.9. The highest BCUT2D eigenvalue weighted by Crippen LogP contribution is 2.45. The number of nitrogens with two attached hydrogens (primary N) is 1. The zero-order valence-corrected chi connectivity index (χ0v) is 27.8. The number of imidazole rings is 1. The normalized spacial score (nSPS) is 19.5. The predicted octanol–water partition coefficient (Wildman–Crippen LogP) is 5.74. The molecule has 228 valence electrons. The lowest BCUT2D eigenvalue weighted by molar-refractivity contribution is 0.208.